The van der Waals surface area contributed by atoms with Gasteiger partial charge in [0.25, 0.3) is 0 Å². The van der Waals surface area contributed by atoms with Gasteiger partial charge in [-0.1, -0.05) is 23.7 Å². The molecule has 1 N–H and O–H groups in total. The highest BCUT2D eigenvalue weighted by atomic mass is 35.5. The topological polar surface area (TPSA) is 38.3 Å². The van der Waals surface area contributed by atoms with Gasteiger partial charge < -0.3 is 10.1 Å². The van der Waals surface area contributed by atoms with Crippen molar-refractivity contribution in [2.24, 2.45) is 0 Å². The van der Waals surface area contributed by atoms with E-state index in [4.69, 9.17) is 16.3 Å². The molecule has 0 spiro atoms. The molecule has 0 unspecified atom stereocenters. The van der Waals surface area contributed by atoms with Crippen molar-refractivity contribution in [1.29, 1.82) is 0 Å². The molecular formula is C16H22ClNO2. The first-order valence-electron chi connectivity index (χ1n) is 7.22. The largest absolute Gasteiger partial charge is 0.376 e. The molecule has 1 amide bonds. The number of ether oxygens (including phenoxy) is 1. The van der Waals surface area contributed by atoms with Crippen LogP contribution in [0.1, 0.15) is 37.3 Å². The Morgan fingerprint density at radius 1 is 1.55 bits per heavy atom. The number of nitrogens with one attached hydrogen (secondary N) is 1. The number of amides is 1. The fourth-order valence-corrected chi connectivity index (χ4v) is 2.67. The number of carbonyl (C=O) groups excluding carboxylic acids is 1. The quantitative estimate of drug-likeness (QED) is 0.905. The summed E-state index contributed by atoms with van der Waals surface area (Å²) in [6.07, 6.45) is 3.50. The molecule has 0 saturated carbocycles. The third kappa shape index (κ3) is 4.22. The van der Waals surface area contributed by atoms with E-state index in [0.29, 0.717) is 12.8 Å². The molecule has 0 aromatic heterocycles. The van der Waals surface area contributed by atoms with Crippen LogP contribution < -0.4 is 5.32 Å². The summed E-state index contributed by atoms with van der Waals surface area (Å²) < 4.78 is 5.58. The predicted octanol–water partition coefficient (Wildman–Crippen LogP) is 3.26. The van der Waals surface area contributed by atoms with Crippen LogP contribution in [0.2, 0.25) is 5.02 Å². The van der Waals surface area contributed by atoms with Gasteiger partial charge in [-0.15, -0.1) is 0 Å². The highest BCUT2D eigenvalue weighted by Gasteiger charge is 2.23. The van der Waals surface area contributed by atoms with E-state index in [2.05, 4.69) is 5.32 Å². The van der Waals surface area contributed by atoms with E-state index >= 15 is 0 Å². The third-order valence-corrected chi connectivity index (χ3v) is 4.20. The lowest BCUT2D eigenvalue weighted by atomic mass is 10.1. The first kappa shape index (κ1) is 15.3. The van der Waals surface area contributed by atoms with Crippen LogP contribution >= 0.6 is 11.6 Å². The summed E-state index contributed by atoms with van der Waals surface area (Å²) >= 11 is 6.08. The molecule has 3 nitrogen and oxygen atoms in total. The zero-order valence-electron chi connectivity index (χ0n) is 12.1. The summed E-state index contributed by atoms with van der Waals surface area (Å²) in [7, 11) is 0. The number of carbonyl (C=O) groups is 1. The molecular weight excluding hydrogens is 274 g/mol. The van der Waals surface area contributed by atoms with Crippen LogP contribution in [0.15, 0.2) is 18.2 Å². The van der Waals surface area contributed by atoms with Gasteiger partial charge in [0.05, 0.1) is 12.1 Å². The smallest absolute Gasteiger partial charge is 0.220 e. The number of benzene rings is 1. The zero-order valence-corrected chi connectivity index (χ0v) is 12.9. The molecule has 1 fully saturated rings. The minimum absolute atomic E-state index is 0.0738. The average molecular weight is 296 g/mol. The molecule has 1 aromatic carbocycles. The molecule has 2 atom stereocenters. The lowest BCUT2D eigenvalue weighted by molar-refractivity contribution is -0.122. The van der Waals surface area contributed by atoms with Crippen LogP contribution in [0.25, 0.3) is 0 Å². The molecule has 0 radical (unpaired) electrons. The first-order valence-corrected chi connectivity index (χ1v) is 7.60. The summed E-state index contributed by atoms with van der Waals surface area (Å²) in [5.74, 6) is 0.0738. The van der Waals surface area contributed by atoms with Crippen molar-refractivity contribution >= 4 is 17.5 Å². The highest BCUT2D eigenvalue weighted by molar-refractivity contribution is 6.31. The fourth-order valence-electron chi connectivity index (χ4n) is 2.47. The van der Waals surface area contributed by atoms with E-state index in [1.165, 1.54) is 0 Å². The Bertz CT molecular complexity index is 470. The van der Waals surface area contributed by atoms with E-state index in [0.717, 1.165) is 35.6 Å². The lowest BCUT2D eigenvalue weighted by Gasteiger charge is -2.20. The summed E-state index contributed by atoms with van der Waals surface area (Å²) in [6, 6.07) is 6.04. The van der Waals surface area contributed by atoms with E-state index in [1.807, 2.05) is 32.0 Å². The molecule has 1 aromatic rings. The third-order valence-electron chi connectivity index (χ3n) is 3.79. The molecule has 1 saturated heterocycles. The minimum atomic E-state index is 0.0738. The first-order chi connectivity index (χ1) is 9.56. The van der Waals surface area contributed by atoms with Gasteiger partial charge in [-0.2, -0.15) is 0 Å². The Kier molecular flexibility index (Phi) is 5.44. The molecule has 0 aliphatic carbocycles. The molecule has 4 heteroatoms. The molecule has 110 valence electrons. The highest BCUT2D eigenvalue weighted by Crippen LogP contribution is 2.18. The Balaban J connectivity index is 1.78. The average Bonchev–Trinajstić information content (AvgIpc) is 2.94. The van der Waals surface area contributed by atoms with Crippen molar-refractivity contribution in [2.75, 3.05) is 6.61 Å². The predicted molar refractivity (Wildman–Crippen MR) is 81.1 cm³/mol. The summed E-state index contributed by atoms with van der Waals surface area (Å²) in [5.41, 5.74) is 2.16. The van der Waals surface area contributed by atoms with E-state index in [9.17, 15) is 4.79 Å². The fraction of sp³-hybridized carbons (Fsp3) is 0.562. The number of aryl methyl sites for hydroxylation is 2. The standard InChI is InChI=1S/C16H22ClNO2/c1-11-5-6-13(10-14(11)17)7-8-16(19)18-12(2)15-4-3-9-20-15/h5-6,10,12,15H,3-4,7-9H2,1-2H3,(H,18,19)/t12-,15+/m1/s1. The normalized spacial score (nSPS) is 19.9. The number of hydrogen-bond donors (Lipinski definition) is 1. The number of halogens is 1. The molecule has 1 aliphatic rings. The lowest BCUT2D eigenvalue weighted by Crippen LogP contribution is -2.40. The maximum absolute atomic E-state index is 11.9. The van der Waals surface area contributed by atoms with Gasteiger partial charge in [0.2, 0.25) is 5.91 Å². The van der Waals surface area contributed by atoms with E-state index in [1.54, 1.807) is 0 Å². The van der Waals surface area contributed by atoms with Crippen LogP contribution in [-0.4, -0.2) is 24.7 Å². The maximum atomic E-state index is 11.9. The van der Waals surface area contributed by atoms with Crippen molar-refractivity contribution in [2.45, 2.75) is 51.7 Å². The minimum Gasteiger partial charge on any atom is -0.376 e. The van der Waals surface area contributed by atoms with Gasteiger partial charge in [-0.05, 0) is 50.3 Å². The molecule has 1 heterocycles. The van der Waals surface area contributed by atoms with Gasteiger partial charge in [-0.25, -0.2) is 0 Å². The second kappa shape index (κ2) is 7.09. The van der Waals surface area contributed by atoms with Crippen molar-refractivity contribution in [3.05, 3.63) is 34.3 Å². The molecule has 2 rings (SSSR count). The van der Waals surface area contributed by atoms with Crippen LogP contribution in [-0.2, 0) is 16.0 Å². The van der Waals surface area contributed by atoms with Crippen molar-refractivity contribution < 1.29 is 9.53 Å². The van der Waals surface area contributed by atoms with Crippen LogP contribution in [0.3, 0.4) is 0 Å². The summed E-state index contributed by atoms with van der Waals surface area (Å²) in [6.45, 7) is 4.80. The van der Waals surface area contributed by atoms with Crippen LogP contribution in [0, 0.1) is 6.92 Å². The monoisotopic (exact) mass is 295 g/mol. The van der Waals surface area contributed by atoms with Crippen molar-refractivity contribution in [3.63, 3.8) is 0 Å². The number of rotatable bonds is 5. The van der Waals surface area contributed by atoms with Gasteiger partial charge in [0.15, 0.2) is 0 Å². The van der Waals surface area contributed by atoms with Crippen LogP contribution in [0.5, 0.6) is 0 Å². The molecule has 0 bridgehead atoms. The van der Waals surface area contributed by atoms with Gasteiger partial charge in [0, 0.05) is 18.1 Å². The van der Waals surface area contributed by atoms with E-state index in [-0.39, 0.29) is 18.1 Å². The second-order valence-corrected chi connectivity index (χ2v) is 5.90. The molecule has 1 aliphatic heterocycles. The van der Waals surface area contributed by atoms with E-state index < -0.39 is 0 Å². The van der Waals surface area contributed by atoms with Gasteiger partial charge in [0.1, 0.15) is 0 Å². The van der Waals surface area contributed by atoms with Crippen molar-refractivity contribution in [3.8, 4) is 0 Å². The maximum Gasteiger partial charge on any atom is 0.220 e. The Morgan fingerprint density at radius 2 is 2.35 bits per heavy atom. The summed E-state index contributed by atoms with van der Waals surface area (Å²) in [4.78, 5) is 11.9. The van der Waals surface area contributed by atoms with Gasteiger partial charge in [-0.3, -0.25) is 4.79 Å². The Labute approximate surface area is 125 Å². The zero-order chi connectivity index (χ0) is 14.5. The molecule has 20 heavy (non-hydrogen) atoms. The van der Waals surface area contributed by atoms with Crippen LogP contribution in [0.4, 0.5) is 0 Å². The Morgan fingerprint density at radius 3 is 3.00 bits per heavy atom. The SMILES string of the molecule is Cc1ccc(CCC(=O)N[C@H](C)[C@@H]2CCCO2)cc1Cl. The number of hydrogen-bond acceptors (Lipinski definition) is 2. The summed E-state index contributed by atoms with van der Waals surface area (Å²) in [5, 5.41) is 3.78. The van der Waals surface area contributed by atoms with Gasteiger partial charge >= 0.3 is 0 Å². The Hall–Kier alpha value is -1.06. The second-order valence-electron chi connectivity index (χ2n) is 5.49. The van der Waals surface area contributed by atoms with Crippen molar-refractivity contribution in [1.82, 2.24) is 5.32 Å².